The fourth-order valence-electron chi connectivity index (χ4n) is 3.25. The molecule has 86 valence electrons. The molecule has 3 aliphatic rings. The topological polar surface area (TPSA) is 41.1 Å². The first kappa shape index (κ1) is 10.1. The third kappa shape index (κ3) is 1.50. The van der Waals surface area contributed by atoms with Crippen molar-refractivity contribution >= 4 is 5.91 Å². The first-order valence-corrected chi connectivity index (χ1v) is 6.21. The summed E-state index contributed by atoms with van der Waals surface area (Å²) in [5.41, 5.74) is 2.67. The second-order valence-electron chi connectivity index (χ2n) is 5.12. The van der Waals surface area contributed by atoms with Gasteiger partial charge in [-0.2, -0.15) is 0 Å². The Balaban J connectivity index is 2.01. The van der Waals surface area contributed by atoms with Crippen molar-refractivity contribution in [3.63, 3.8) is 0 Å². The van der Waals surface area contributed by atoms with Crippen LogP contribution in [0.15, 0.2) is 23.4 Å². The molecule has 0 bridgehead atoms. The summed E-state index contributed by atoms with van der Waals surface area (Å²) in [7, 11) is 0. The molecule has 2 heterocycles. The highest BCUT2D eigenvalue weighted by molar-refractivity contribution is 5.81. The van der Waals surface area contributed by atoms with E-state index in [9.17, 15) is 4.79 Å². The van der Waals surface area contributed by atoms with Crippen molar-refractivity contribution < 1.29 is 4.79 Å². The van der Waals surface area contributed by atoms with E-state index in [2.05, 4.69) is 22.8 Å². The summed E-state index contributed by atoms with van der Waals surface area (Å²) in [5, 5.41) is 6.50. The molecule has 0 aromatic heterocycles. The van der Waals surface area contributed by atoms with E-state index in [4.69, 9.17) is 0 Å². The zero-order chi connectivity index (χ0) is 11.0. The van der Waals surface area contributed by atoms with Gasteiger partial charge in [0.05, 0.1) is 0 Å². The lowest BCUT2D eigenvalue weighted by Crippen LogP contribution is -2.48. The maximum Gasteiger partial charge on any atom is 0.225 e. The molecule has 1 saturated heterocycles. The van der Waals surface area contributed by atoms with Crippen LogP contribution in [0.25, 0.3) is 0 Å². The Morgan fingerprint density at radius 3 is 3.12 bits per heavy atom. The van der Waals surface area contributed by atoms with E-state index in [1.807, 2.05) is 0 Å². The van der Waals surface area contributed by atoms with Gasteiger partial charge in [-0.05, 0) is 37.8 Å². The molecule has 16 heavy (non-hydrogen) atoms. The van der Waals surface area contributed by atoms with Crippen LogP contribution in [-0.4, -0.2) is 19.0 Å². The lowest BCUT2D eigenvalue weighted by atomic mass is 9.68. The van der Waals surface area contributed by atoms with Gasteiger partial charge < -0.3 is 10.6 Å². The predicted molar refractivity (Wildman–Crippen MR) is 62.7 cm³/mol. The lowest BCUT2D eigenvalue weighted by molar-refractivity contribution is -0.123. The minimum Gasteiger partial charge on any atom is -0.329 e. The van der Waals surface area contributed by atoms with Crippen LogP contribution in [0.1, 0.15) is 32.1 Å². The molecule has 0 aromatic rings. The van der Waals surface area contributed by atoms with Crippen LogP contribution < -0.4 is 10.6 Å². The Morgan fingerprint density at radius 1 is 1.38 bits per heavy atom. The molecular weight excluding hydrogens is 200 g/mol. The normalized spacial score (nSPS) is 33.9. The van der Waals surface area contributed by atoms with Gasteiger partial charge in [-0.3, -0.25) is 4.79 Å². The average Bonchev–Trinajstić information content (AvgIpc) is 2.30. The quantitative estimate of drug-likeness (QED) is 0.646. The highest BCUT2D eigenvalue weighted by Crippen LogP contribution is 2.44. The summed E-state index contributed by atoms with van der Waals surface area (Å²) in [6, 6.07) is 0. The molecule has 1 unspecified atom stereocenters. The largest absolute Gasteiger partial charge is 0.329 e. The van der Waals surface area contributed by atoms with E-state index < -0.39 is 0 Å². The lowest BCUT2D eigenvalue weighted by Gasteiger charge is -2.43. The number of allylic oxidation sites excluding steroid dienone is 3. The van der Waals surface area contributed by atoms with E-state index in [1.165, 1.54) is 17.7 Å². The number of piperidine rings is 1. The van der Waals surface area contributed by atoms with E-state index in [0.29, 0.717) is 6.42 Å². The number of hydrogen-bond acceptors (Lipinski definition) is 2. The SMILES string of the molecule is O=C1CC2(CCCNC2)C2=C(CCC=C2)N1. The van der Waals surface area contributed by atoms with Gasteiger partial charge in [-0.25, -0.2) is 0 Å². The molecule has 1 fully saturated rings. The van der Waals surface area contributed by atoms with E-state index in [1.54, 1.807) is 0 Å². The van der Waals surface area contributed by atoms with Gasteiger partial charge in [-0.15, -0.1) is 0 Å². The summed E-state index contributed by atoms with van der Waals surface area (Å²) in [6.45, 7) is 2.05. The number of carbonyl (C=O) groups is 1. The van der Waals surface area contributed by atoms with Crippen LogP contribution >= 0.6 is 0 Å². The van der Waals surface area contributed by atoms with Gasteiger partial charge in [0.15, 0.2) is 0 Å². The summed E-state index contributed by atoms with van der Waals surface area (Å²) in [4.78, 5) is 11.8. The monoisotopic (exact) mass is 218 g/mol. The van der Waals surface area contributed by atoms with Crippen LogP contribution in [0.3, 0.4) is 0 Å². The second-order valence-corrected chi connectivity index (χ2v) is 5.12. The van der Waals surface area contributed by atoms with Crippen molar-refractivity contribution in [1.82, 2.24) is 10.6 Å². The molecule has 2 aliphatic heterocycles. The molecule has 1 amide bonds. The van der Waals surface area contributed by atoms with E-state index >= 15 is 0 Å². The Hall–Kier alpha value is -1.09. The van der Waals surface area contributed by atoms with Crippen molar-refractivity contribution in [2.75, 3.05) is 13.1 Å². The molecule has 1 spiro atoms. The molecule has 0 aromatic carbocycles. The molecule has 2 N–H and O–H groups in total. The highest BCUT2D eigenvalue weighted by Gasteiger charge is 2.41. The van der Waals surface area contributed by atoms with Crippen molar-refractivity contribution in [2.24, 2.45) is 5.41 Å². The minimum atomic E-state index is 0.0901. The molecule has 0 saturated carbocycles. The molecule has 1 aliphatic carbocycles. The summed E-state index contributed by atoms with van der Waals surface area (Å²) < 4.78 is 0. The zero-order valence-electron chi connectivity index (χ0n) is 9.51. The molecule has 0 radical (unpaired) electrons. The number of rotatable bonds is 0. The maximum absolute atomic E-state index is 11.8. The first-order chi connectivity index (χ1) is 7.80. The summed E-state index contributed by atoms with van der Waals surface area (Å²) >= 11 is 0. The minimum absolute atomic E-state index is 0.0901. The smallest absolute Gasteiger partial charge is 0.225 e. The maximum atomic E-state index is 11.8. The fraction of sp³-hybridized carbons (Fsp3) is 0.615. The third-order valence-corrected chi connectivity index (χ3v) is 4.00. The van der Waals surface area contributed by atoms with Gasteiger partial charge in [0, 0.05) is 24.1 Å². The average molecular weight is 218 g/mol. The zero-order valence-corrected chi connectivity index (χ0v) is 9.51. The first-order valence-electron chi connectivity index (χ1n) is 6.21. The fourth-order valence-corrected chi connectivity index (χ4v) is 3.25. The summed E-state index contributed by atoms with van der Waals surface area (Å²) in [5.74, 6) is 0.206. The Bertz CT molecular complexity index is 375. The Labute approximate surface area is 96.0 Å². The van der Waals surface area contributed by atoms with Gasteiger partial charge >= 0.3 is 0 Å². The Kier molecular flexibility index (Phi) is 2.36. The Morgan fingerprint density at radius 2 is 2.31 bits per heavy atom. The van der Waals surface area contributed by atoms with Crippen LogP contribution in [0.4, 0.5) is 0 Å². The second kappa shape index (κ2) is 3.74. The molecule has 3 heteroatoms. The van der Waals surface area contributed by atoms with Gasteiger partial charge in [0.2, 0.25) is 5.91 Å². The van der Waals surface area contributed by atoms with Crippen LogP contribution in [0.2, 0.25) is 0 Å². The standard InChI is InChI=1S/C13H18N2O/c16-12-8-13(6-3-7-14-9-13)10-4-1-2-5-11(10)15-12/h1,4,14H,2-3,5-9H2,(H,15,16). The number of carbonyl (C=O) groups excluding carboxylic acids is 1. The number of fused-ring (bicyclic) bond motifs is 1. The van der Waals surface area contributed by atoms with E-state index in [-0.39, 0.29) is 11.3 Å². The van der Waals surface area contributed by atoms with Crippen LogP contribution in [0.5, 0.6) is 0 Å². The van der Waals surface area contributed by atoms with Crippen molar-refractivity contribution in [3.05, 3.63) is 23.4 Å². The van der Waals surface area contributed by atoms with Crippen LogP contribution in [-0.2, 0) is 4.79 Å². The molecular formula is C13H18N2O. The molecule has 1 atom stereocenters. The molecule has 3 rings (SSSR count). The predicted octanol–water partition coefficient (Wildman–Crippen LogP) is 1.48. The van der Waals surface area contributed by atoms with Gasteiger partial charge in [-0.1, -0.05) is 12.2 Å². The number of hydrogen-bond donors (Lipinski definition) is 2. The highest BCUT2D eigenvalue weighted by atomic mass is 16.1. The van der Waals surface area contributed by atoms with E-state index in [0.717, 1.165) is 32.4 Å². The van der Waals surface area contributed by atoms with Crippen LogP contribution in [0, 0.1) is 5.41 Å². The van der Waals surface area contributed by atoms with Gasteiger partial charge in [0.1, 0.15) is 0 Å². The van der Waals surface area contributed by atoms with Crippen molar-refractivity contribution in [1.29, 1.82) is 0 Å². The third-order valence-electron chi connectivity index (χ3n) is 4.00. The van der Waals surface area contributed by atoms with Crippen molar-refractivity contribution in [3.8, 4) is 0 Å². The molecule has 3 nitrogen and oxygen atoms in total. The van der Waals surface area contributed by atoms with Gasteiger partial charge in [0.25, 0.3) is 0 Å². The number of amides is 1. The number of nitrogens with one attached hydrogen (secondary N) is 2. The van der Waals surface area contributed by atoms with Crippen molar-refractivity contribution in [2.45, 2.75) is 32.1 Å². The summed E-state index contributed by atoms with van der Waals surface area (Å²) in [6.07, 6.45) is 9.53.